The van der Waals surface area contributed by atoms with Gasteiger partial charge in [0.15, 0.2) is 5.11 Å². The van der Waals surface area contributed by atoms with Crippen LogP contribution in [0, 0.1) is 5.92 Å². The Labute approximate surface area is 104 Å². The van der Waals surface area contributed by atoms with Crippen LogP contribution in [0.15, 0.2) is 0 Å². The molecule has 2 atom stereocenters. The predicted molar refractivity (Wildman–Crippen MR) is 69.5 cm³/mol. The van der Waals surface area contributed by atoms with Crippen molar-refractivity contribution < 1.29 is 4.74 Å². The molecule has 0 aromatic rings. The predicted octanol–water partition coefficient (Wildman–Crippen LogP) is 1.77. The Bertz CT molecular complexity index is 257. The van der Waals surface area contributed by atoms with E-state index in [1.165, 1.54) is 19.3 Å². The number of morpholine rings is 1. The summed E-state index contributed by atoms with van der Waals surface area (Å²) in [5.74, 6) is 0.637. The molecule has 0 aromatic heterocycles. The molecule has 92 valence electrons. The second-order valence-electron chi connectivity index (χ2n) is 5.18. The highest BCUT2D eigenvalue weighted by Crippen LogP contribution is 2.29. The summed E-state index contributed by atoms with van der Waals surface area (Å²) < 4.78 is 5.78. The molecule has 0 bridgehead atoms. The van der Waals surface area contributed by atoms with Crippen LogP contribution in [-0.2, 0) is 4.74 Å². The van der Waals surface area contributed by atoms with Crippen LogP contribution < -0.4 is 5.32 Å². The Morgan fingerprint density at radius 2 is 2.31 bits per heavy atom. The van der Waals surface area contributed by atoms with Gasteiger partial charge in [0.2, 0.25) is 0 Å². The summed E-state index contributed by atoms with van der Waals surface area (Å²) in [5.41, 5.74) is 0. The lowest BCUT2D eigenvalue weighted by atomic mass is 10.1. The highest BCUT2D eigenvalue weighted by molar-refractivity contribution is 7.80. The van der Waals surface area contributed by atoms with E-state index in [1.54, 1.807) is 0 Å². The highest BCUT2D eigenvalue weighted by Gasteiger charge is 2.36. The number of thiocarbonyl (C=S) groups is 1. The molecule has 2 unspecified atom stereocenters. The van der Waals surface area contributed by atoms with E-state index in [4.69, 9.17) is 17.0 Å². The van der Waals surface area contributed by atoms with Gasteiger partial charge in [-0.3, -0.25) is 0 Å². The molecule has 2 rings (SSSR count). The van der Waals surface area contributed by atoms with Gasteiger partial charge in [-0.2, -0.15) is 0 Å². The summed E-state index contributed by atoms with van der Waals surface area (Å²) in [4.78, 5) is 2.35. The number of fused-ring (bicyclic) bond motifs is 1. The van der Waals surface area contributed by atoms with Crippen molar-refractivity contribution in [3.63, 3.8) is 0 Å². The van der Waals surface area contributed by atoms with E-state index in [0.29, 0.717) is 18.1 Å². The molecule has 0 spiro atoms. The van der Waals surface area contributed by atoms with Gasteiger partial charge in [0.1, 0.15) is 0 Å². The molecule has 1 aliphatic carbocycles. The van der Waals surface area contributed by atoms with E-state index < -0.39 is 0 Å². The number of nitrogens with one attached hydrogen (secondary N) is 1. The first-order chi connectivity index (χ1) is 7.68. The first kappa shape index (κ1) is 12.1. The Morgan fingerprint density at radius 3 is 3.06 bits per heavy atom. The van der Waals surface area contributed by atoms with Gasteiger partial charge >= 0.3 is 0 Å². The second-order valence-corrected chi connectivity index (χ2v) is 5.57. The van der Waals surface area contributed by atoms with Crippen molar-refractivity contribution in [2.24, 2.45) is 5.92 Å². The van der Waals surface area contributed by atoms with Crippen molar-refractivity contribution in [3.8, 4) is 0 Å². The lowest BCUT2D eigenvalue weighted by molar-refractivity contribution is -0.0295. The molecular formula is C12H22N2OS. The van der Waals surface area contributed by atoms with Crippen LogP contribution in [-0.4, -0.2) is 41.9 Å². The van der Waals surface area contributed by atoms with Crippen LogP contribution in [0.4, 0.5) is 0 Å². The summed E-state index contributed by atoms with van der Waals surface area (Å²) in [5, 5.41) is 4.29. The maximum Gasteiger partial charge on any atom is 0.169 e. The van der Waals surface area contributed by atoms with Crippen LogP contribution in [0.25, 0.3) is 0 Å². The van der Waals surface area contributed by atoms with E-state index >= 15 is 0 Å². The van der Waals surface area contributed by atoms with Gasteiger partial charge in [0.05, 0.1) is 18.8 Å². The third-order valence-corrected chi connectivity index (χ3v) is 3.78. The normalized spacial score (nSPS) is 29.3. The molecule has 16 heavy (non-hydrogen) atoms. The van der Waals surface area contributed by atoms with Gasteiger partial charge in [0, 0.05) is 13.1 Å². The molecule has 2 aliphatic rings. The molecule has 1 N–H and O–H groups in total. The molecule has 4 heteroatoms. The number of hydrogen-bond donors (Lipinski definition) is 1. The van der Waals surface area contributed by atoms with Crippen LogP contribution in [0.5, 0.6) is 0 Å². The Morgan fingerprint density at radius 1 is 1.50 bits per heavy atom. The van der Waals surface area contributed by atoms with Gasteiger partial charge in [-0.05, 0) is 37.4 Å². The third kappa shape index (κ3) is 2.66. The molecule has 0 aromatic carbocycles. The van der Waals surface area contributed by atoms with Crippen molar-refractivity contribution in [3.05, 3.63) is 0 Å². The monoisotopic (exact) mass is 242 g/mol. The molecule has 1 aliphatic heterocycles. The van der Waals surface area contributed by atoms with Crippen molar-refractivity contribution in [2.45, 2.75) is 45.3 Å². The van der Waals surface area contributed by atoms with E-state index in [0.717, 1.165) is 24.8 Å². The van der Waals surface area contributed by atoms with Crippen molar-refractivity contribution >= 4 is 17.3 Å². The maximum atomic E-state index is 5.78. The molecule has 1 heterocycles. The average molecular weight is 242 g/mol. The zero-order chi connectivity index (χ0) is 11.5. The smallest absolute Gasteiger partial charge is 0.169 e. The van der Waals surface area contributed by atoms with Crippen LogP contribution in [0.2, 0.25) is 0 Å². The standard InChI is InChI=1S/C12H22N2OS/c1-9(2)8-13-12(16)14-6-7-15-11-5-3-4-10(11)14/h9-11H,3-8H2,1-2H3,(H,13,16). The molecule has 0 amide bonds. The van der Waals surface area contributed by atoms with E-state index in [1.807, 2.05) is 0 Å². The van der Waals surface area contributed by atoms with Gasteiger partial charge in [-0.15, -0.1) is 0 Å². The molecule has 2 fully saturated rings. The molecule has 1 saturated carbocycles. The zero-order valence-corrected chi connectivity index (χ0v) is 11.1. The van der Waals surface area contributed by atoms with Crippen LogP contribution in [0.3, 0.4) is 0 Å². The van der Waals surface area contributed by atoms with Crippen molar-refractivity contribution in [1.29, 1.82) is 0 Å². The quantitative estimate of drug-likeness (QED) is 0.746. The fourth-order valence-electron chi connectivity index (χ4n) is 2.57. The van der Waals surface area contributed by atoms with Crippen LogP contribution >= 0.6 is 12.2 Å². The second kappa shape index (κ2) is 5.32. The topological polar surface area (TPSA) is 24.5 Å². The number of ether oxygens (including phenoxy) is 1. The SMILES string of the molecule is CC(C)CNC(=S)N1CCOC2CCCC21. The fourth-order valence-corrected chi connectivity index (χ4v) is 2.88. The number of nitrogens with zero attached hydrogens (tertiary/aromatic N) is 1. The molecule has 0 radical (unpaired) electrons. The van der Waals surface area contributed by atoms with Crippen molar-refractivity contribution in [2.75, 3.05) is 19.7 Å². The minimum Gasteiger partial charge on any atom is -0.374 e. The highest BCUT2D eigenvalue weighted by atomic mass is 32.1. The first-order valence-electron chi connectivity index (χ1n) is 6.34. The Balaban J connectivity index is 1.89. The van der Waals surface area contributed by atoms with Gasteiger partial charge < -0.3 is 15.0 Å². The van der Waals surface area contributed by atoms with E-state index in [-0.39, 0.29) is 0 Å². The fraction of sp³-hybridized carbons (Fsp3) is 0.917. The van der Waals surface area contributed by atoms with Gasteiger partial charge in [0.25, 0.3) is 0 Å². The summed E-state index contributed by atoms with van der Waals surface area (Å²) in [6.07, 6.45) is 4.13. The Kier molecular flexibility index (Phi) is 4.03. The summed E-state index contributed by atoms with van der Waals surface area (Å²) in [6.45, 7) is 7.14. The van der Waals surface area contributed by atoms with E-state index in [2.05, 4.69) is 24.1 Å². The third-order valence-electron chi connectivity index (χ3n) is 3.40. The minimum atomic E-state index is 0.424. The lowest BCUT2D eigenvalue weighted by Gasteiger charge is -2.39. The lowest BCUT2D eigenvalue weighted by Crippen LogP contribution is -2.54. The summed E-state index contributed by atoms with van der Waals surface area (Å²) in [7, 11) is 0. The number of hydrogen-bond acceptors (Lipinski definition) is 2. The maximum absolute atomic E-state index is 5.78. The van der Waals surface area contributed by atoms with Gasteiger partial charge in [-0.1, -0.05) is 13.8 Å². The zero-order valence-electron chi connectivity index (χ0n) is 10.2. The largest absolute Gasteiger partial charge is 0.374 e. The molecule has 1 saturated heterocycles. The van der Waals surface area contributed by atoms with Crippen molar-refractivity contribution in [1.82, 2.24) is 10.2 Å². The van der Waals surface area contributed by atoms with E-state index in [9.17, 15) is 0 Å². The molecular weight excluding hydrogens is 220 g/mol. The van der Waals surface area contributed by atoms with Crippen LogP contribution in [0.1, 0.15) is 33.1 Å². The first-order valence-corrected chi connectivity index (χ1v) is 6.75. The average Bonchev–Trinajstić information content (AvgIpc) is 2.73. The summed E-state index contributed by atoms with van der Waals surface area (Å²) in [6, 6.07) is 0.529. The number of rotatable bonds is 2. The Hall–Kier alpha value is -0.350. The minimum absolute atomic E-state index is 0.424. The summed E-state index contributed by atoms with van der Waals surface area (Å²) >= 11 is 5.48. The van der Waals surface area contributed by atoms with Gasteiger partial charge in [-0.25, -0.2) is 0 Å². The molecule has 3 nitrogen and oxygen atoms in total.